The molecule has 18 heavy (non-hydrogen) atoms. The Labute approximate surface area is 107 Å². The van der Waals surface area contributed by atoms with Crippen molar-refractivity contribution in [3.63, 3.8) is 0 Å². The van der Waals surface area contributed by atoms with E-state index < -0.39 is 6.10 Å². The number of aliphatic hydroxyl groups is 1. The molecule has 1 N–H and O–H groups in total. The van der Waals surface area contributed by atoms with Gasteiger partial charge in [0, 0.05) is 19.0 Å². The largest absolute Gasteiger partial charge is 0.480 e. The van der Waals surface area contributed by atoms with Crippen molar-refractivity contribution in [3.8, 4) is 5.88 Å². The number of hydrogen-bond donors (Lipinski definition) is 1. The zero-order chi connectivity index (χ0) is 12.8. The van der Waals surface area contributed by atoms with Gasteiger partial charge >= 0.3 is 0 Å². The molecule has 1 aromatic rings. The molecule has 2 atom stereocenters. The van der Waals surface area contributed by atoms with Gasteiger partial charge in [-0.1, -0.05) is 0 Å². The summed E-state index contributed by atoms with van der Waals surface area (Å²) in [5.41, 5.74) is 0.510. The van der Waals surface area contributed by atoms with Crippen LogP contribution < -0.4 is 4.74 Å². The highest BCUT2D eigenvalue weighted by Gasteiger charge is 2.19. The van der Waals surface area contributed by atoms with E-state index in [0.717, 1.165) is 25.9 Å². The SMILES string of the molecule is COc1nccnc1C(O)CCC1CCCCO1. The minimum Gasteiger partial charge on any atom is -0.480 e. The Morgan fingerprint density at radius 3 is 3.00 bits per heavy atom. The third-order valence-corrected chi connectivity index (χ3v) is 3.24. The van der Waals surface area contributed by atoms with Crippen molar-refractivity contribution in [1.82, 2.24) is 9.97 Å². The molecule has 0 saturated carbocycles. The lowest BCUT2D eigenvalue weighted by atomic mass is 10.0. The van der Waals surface area contributed by atoms with Crippen LogP contribution in [-0.2, 0) is 4.74 Å². The van der Waals surface area contributed by atoms with E-state index >= 15 is 0 Å². The van der Waals surface area contributed by atoms with Crippen LogP contribution in [0.15, 0.2) is 12.4 Å². The lowest BCUT2D eigenvalue weighted by Gasteiger charge is -2.23. The van der Waals surface area contributed by atoms with Crippen molar-refractivity contribution in [1.29, 1.82) is 0 Å². The summed E-state index contributed by atoms with van der Waals surface area (Å²) in [7, 11) is 1.53. The van der Waals surface area contributed by atoms with E-state index in [9.17, 15) is 5.11 Å². The second kappa shape index (κ2) is 6.66. The fourth-order valence-corrected chi connectivity index (χ4v) is 2.24. The molecule has 1 saturated heterocycles. The average Bonchev–Trinajstić information content (AvgIpc) is 2.45. The van der Waals surface area contributed by atoms with Crippen LogP contribution in [0.2, 0.25) is 0 Å². The number of rotatable bonds is 5. The fraction of sp³-hybridized carbons (Fsp3) is 0.692. The zero-order valence-corrected chi connectivity index (χ0v) is 10.7. The predicted molar refractivity (Wildman–Crippen MR) is 66.4 cm³/mol. The molecule has 2 rings (SSSR count). The second-order valence-corrected chi connectivity index (χ2v) is 4.53. The third kappa shape index (κ3) is 3.40. The third-order valence-electron chi connectivity index (χ3n) is 3.24. The molecule has 1 aliphatic rings. The molecule has 1 aliphatic heterocycles. The van der Waals surface area contributed by atoms with Gasteiger partial charge in [0.05, 0.1) is 13.2 Å². The minimum absolute atomic E-state index is 0.274. The van der Waals surface area contributed by atoms with Gasteiger partial charge in [-0.05, 0) is 32.1 Å². The molecule has 0 spiro atoms. The van der Waals surface area contributed by atoms with Crippen LogP contribution in [0.25, 0.3) is 0 Å². The number of nitrogens with zero attached hydrogens (tertiary/aromatic N) is 2. The molecular formula is C13H20N2O3. The van der Waals surface area contributed by atoms with Gasteiger partial charge in [-0.3, -0.25) is 4.98 Å². The van der Waals surface area contributed by atoms with Crippen LogP contribution in [0.5, 0.6) is 5.88 Å². The molecule has 5 nitrogen and oxygen atoms in total. The molecule has 0 aromatic carbocycles. The molecule has 1 aromatic heterocycles. The molecule has 2 unspecified atom stereocenters. The zero-order valence-electron chi connectivity index (χ0n) is 10.7. The van der Waals surface area contributed by atoms with Crippen LogP contribution in [0.4, 0.5) is 0 Å². The highest BCUT2D eigenvalue weighted by atomic mass is 16.5. The number of methoxy groups -OCH3 is 1. The standard InChI is InChI=1S/C13H20N2O3/c1-17-13-12(14-7-8-15-13)11(16)6-5-10-4-2-3-9-18-10/h7-8,10-11,16H,2-6,9H2,1H3. The van der Waals surface area contributed by atoms with E-state index in [1.54, 1.807) is 12.4 Å². The molecule has 1 fully saturated rings. The van der Waals surface area contributed by atoms with E-state index in [2.05, 4.69) is 9.97 Å². The Morgan fingerprint density at radius 1 is 1.44 bits per heavy atom. The predicted octanol–water partition coefficient (Wildman–Crippen LogP) is 1.87. The van der Waals surface area contributed by atoms with Crippen molar-refractivity contribution in [2.24, 2.45) is 0 Å². The summed E-state index contributed by atoms with van der Waals surface area (Å²) >= 11 is 0. The Hall–Kier alpha value is -1.20. The van der Waals surface area contributed by atoms with E-state index in [4.69, 9.17) is 9.47 Å². The number of hydrogen-bond acceptors (Lipinski definition) is 5. The van der Waals surface area contributed by atoms with Crippen LogP contribution in [0, 0.1) is 0 Å². The van der Waals surface area contributed by atoms with Crippen molar-refractivity contribution in [2.45, 2.75) is 44.3 Å². The van der Waals surface area contributed by atoms with Crippen LogP contribution >= 0.6 is 0 Å². The Kier molecular flexibility index (Phi) is 4.90. The lowest BCUT2D eigenvalue weighted by molar-refractivity contribution is 0.00164. The van der Waals surface area contributed by atoms with Gasteiger partial charge in [0.25, 0.3) is 0 Å². The molecular weight excluding hydrogens is 232 g/mol. The van der Waals surface area contributed by atoms with Gasteiger partial charge in [-0.25, -0.2) is 4.98 Å². The normalized spacial score (nSPS) is 21.6. The van der Waals surface area contributed by atoms with Gasteiger partial charge < -0.3 is 14.6 Å². The van der Waals surface area contributed by atoms with Gasteiger partial charge in [0.1, 0.15) is 11.8 Å². The number of ether oxygens (including phenoxy) is 2. The van der Waals surface area contributed by atoms with E-state index in [1.165, 1.54) is 13.5 Å². The molecule has 5 heteroatoms. The molecule has 0 bridgehead atoms. The van der Waals surface area contributed by atoms with E-state index in [1.807, 2.05) is 0 Å². The highest BCUT2D eigenvalue weighted by molar-refractivity contribution is 5.19. The highest BCUT2D eigenvalue weighted by Crippen LogP contribution is 2.26. The Bertz CT molecular complexity index is 367. The minimum atomic E-state index is -0.640. The topological polar surface area (TPSA) is 64.5 Å². The Morgan fingerprint density at radius 2 is 2.28 bits per heavy atom. The first-order valence-corrected chi connectivity index (χ1v) is 6.46. The first-order valence-electron chi connectivity index (χ1n) is 6.46. The summed E-state index contributed by atoms with van der Waals surface area (Å²) in [5, 5.41) is 10.1. The Balaban J connectivity index is 1.88. The second-order valence-electron chi connectivity index (χ2n) is 4.53. The maximum Gasteiger partial charge on any atom is 0.238 e. The molecule has 2 heterocycles. The fourth-order valence-electron chi connectivity index (χ4n) is 2.24. The van der Waals surface area contributed by atoms with Crippen molar-refractivity contribution < 1.29 is 14.6 Å². The average molecular weight is 252 g/mol. The smallest absolute Gasteiger partial charge is 0.238 e. The first kappa shape index (κ1) is 13.2. The van der Waals surface area contributed by atoms with Crippen molar-refractivity contribution in [2.75, 3.05) is 13.7 Å². The molecule has 100 valence electrons. The first-order chi connectivity index (χ1) is 8.81. The van der Waals surface area contributed by atoms with Gasteiger partial charge in [0.15, 0.2) is 0 Å². The van der Waals surface area contributed by atoms with E-state index in [-0.39, 0.29) is 6.10 Å². The maximum absolute atomic E-state index is 10.1. The summed E-state index contributed by atoms with van der Waals surface area (Å²) in [6, 6.07) is 0. The molecule has 0 radical (unpaired) electrons. The molecule has 0 amide bonds. The summed E-state index contributed by atoms with van der Waals surface area (Å²) in [6.45, 7) is 0.842. The summed E-state index contributed by atoms with van der Waals surface area (Å²) in [5.74, 6) is 0.398. The maximum atomic E-state index is 10.1. The monoisotopic (exact) mass is 252 g/mol. The van der Waals surface area contributed by atoms with Gasteiger partial charge in [-0.2, -0.15) is 0 Å². The summed E-state index contributed by atoms with van der Waals surface area (Å²) in [6.07, 6.45) is 7.68. The quantitative estimate of drug-likeness (QED) is 0.866. The van der Waals surface area contributed by atoms with E-state index in [0.29, 0.717) is 18.0 Å². The van der Waals surface area contributed by atoms with Crippen molar-refractivity contribution in [3.05, 3.63) is 18.1 Å². The molecule has 0 aliphatic carbocycles. The summed E-state index contributed by atoms with van der Waals surface area (Å²) in [4.78, 5) is 8.17. The van der Waals surface area contributed by atoms with Gasteiger partial charge in [0.2, 0.25) is 5.88 Å². The van der Waals surface area contributed by atoms with Gasteiger partial charge in [-0.15, -0.1) is 0 Å². The number of aliphatic hydroxyl groups excluding tert-OH is 1. The number of aromatic nitrogens is 2. The van der Waals surface area contributed by atoms with Crippen LogP contribution in [0.1, 0.15) is 43.9 Å². The summed E-state index contributed by atoms with van der Waals surface area (Å²) < 4.78 is 10.7. The van der Waals surface area contributed by atoms with Crippen LogP contribution in [0.3, 0.4) is 0 Å². The lowest BCUT2D eigenvalue weighted by Crippen LogP contribution is -2.20. The van der Waals surface area contributed by atoms with Crippen molar-refractivity contribution >= 4 is 0 Å². The van der Waals surface area contributed by atoms with Crippen LogP contribution in [-0.4, -0.2) is 34.9 Å².